The molecule has 0 fully saturated rings. The van der Waals surface area contributed by atoms with E-state index in [1.807, 2.05) is 11.5 Å². The minimum atomic E-state index is -0.977. The van der Waals surface area contributed by atoms with Crippen LogP contribution in [-0.2, 0) is 19.4 Å². The number of carbonyl (C=O) groups is 1. The Balaban J connectivity index is 2.49. The molecule has 5 heteroatoms. The fourth-order valence-electron chi connectivity index (χ4n) is 2.05. The van der Waals surface area contributed by atoms with Gasteiger partial charge in [0.15, 0.2) is 5.69 Å². The predicted octanol–water partition coefficient (Wildman–Crippen LogP) is 0.451. The first-order valence-electron chi connectivity index (χ1n) is 5.13. The highest BCUT2D eigenvalue weighted by Gasteiger charge is 2.26. The zero-order chi connectivity index (χ0) is 11.0. The molecule has 0 bridgehead atoms. The monoisotopic (exact) mass is 210 g/mol. The van der Waals surface area contributed by atoms with Crippen molar-refractivity contribution in [2.75, 3.05) is 0 Å². The average molecular weight is 210 g/mol. The lowest BCUT2D eigenvalue weighted by Gasteiger charge is -2.21. The van der Waals surface area contributed by atoms with E-state index >= 15 is 0 Å². The summed E-state index contributed by atoms with van der Waals surface area (Å²) in [7, 11) is 0. The first-order chi connectivity index (χ1) is 7.13. The van der Waals surface area contributed by atoms with Gasteiger partial charge in [0, 0.05) is 6.42 Å². The number of aromatic carboxylic acids is 1. The van der Waals surface area contributed by atoms with Crippen LogP contribution in [0, 0.1) is 0 Å². The molecule has 1 aliphatic rings. The van der Waals surface area contributed by atoms with Crippen LogP contribution >= 0.6 is 0 Å². The number of aryl methyl sites for hydroxylation is 1. The van der Waals surface area contributed by atoms with Crippen LogP contribution in [0.5, 0.6) is 0 Å². The first-order valence-corrected chi connectivity index (χ1v) is 5.13. The number of nitrogens with zero attached hydrogens (tertiary/aromatic N) is 2. The van der Waals surface area contributed by atoms with Crippen LogP contribution in [0.1, 0.15) is 35.4 Å². The summed E-state index contributed by atoms with van der Waals surface area (Å²) in [5.74, 6) is -0.226. The van der Waals surface area contributed by atoms with Crippen LogP contribution in [0.25, 0.3) is 0 Å². The van der Waals surface area contributed by atoms with Crippen molar-refractivity contribution in [3.05, 3.63) is 17.2 Å². The number of carboxylic acids is 1. The van der Waals surface area contributed by atoms with E-state index in [0.29, 0.717) is 25.8 Å². The van der Waals surface area contributed by atoms with E-state index < -0.39 is 5.97 Å². The molecule has 5 nitrogen and oxygen atoms in total. The van der Waals surface area contributed by atoms with Gasteiger partial charge in [0.05, 0.1) is 18.3 Å². The van der Waals surface area contributed by atoms with E-state index in [9.17, 15) is 9.90 Å². The molecule has 0 spiro atoms. The third-order valence-corrected chi connectivity index (χ3v) is 2.78. The van der Waals surface area contributed by atoms with Gasteiger partial charge < -0.3 is 14.8 Å². The molecule has 1 aromatic rings. The molecule has 2 heterocycles. The molecule has 0 radical (unpaired) electrons. The second-order valence-electron chi connectivity index (χ2n) is 3.79. The van der Waals surface area contributed by atoms with Crippen LogP contribution in [0.2, 0.25) is 0 Å². The normalized spacial score (nSPS) is 20.0. The average Bonchev–Trinajstić information content (AvgIpc) is 2.55. The Morgan fingerprint density at radius 1 is 1.67 bits per heavy atom. The van der Waals surface area contributed by atoms with E-state index in [-0.39, 0.29) is 11.8 Å². The van der Waals surface area contributed by atoms with E-state index in [0.717, 1.165) is 11.5 Å². The van der Waals surface area contributed by atoms with Gasteiger partial charge in [0.25, 0.3) is 0 Å². The largest absolute Gasteiger partial charge is 0.476 e. The second kappa shape index (κ2) is 3.66. The summed E-state index contributed by atoms with van der Waals surface area (Å²) < 4.78 is 1.84. The number of rotatable bonds is 2. The highest BCUT2D eigenvalue weighted by atomic mass is 16.4. The fourth-order valence-corrected chi connectivity index (χ4v) is 2.05. The molecule has 2 N–H and O–H groups in total. The number of aliphatic hydroxyl groups excluding tert-OH is 1. The Hall–Kier alpha value is -1.36. The Bertz CT molecular complexity index is 398. The summed E-state index contributed by atoms with van der Waals surface area (Å²) in [4.78, 5) is 15.0. The number of hydrogen-bond donors (Lipinski definition) is 2. The maximum absolute atomic E-state index is 10.9. The van der Waals surface area contributed by atoms with Crippen LogP contribution in [0.15, 0.2) is 0 Å². The van der Waals surface area contributed by atoms with Crippen molar-refractivity contribution >= 4 is 5.97 Å². The highest BCUT2D eigenvalue weighted by molar-refractivity contribution is 5.87. The molecule has 1 unspecified atom stereocenters. The minimum Gasteiger partial charge on any atom is -0.476 e. The van der Waals surface area contributed by atoms with Gasteiger partial charge in [-0.1, -0.05) is 6.92 Å². The SMILES string of the molecule is CCc1nc(C(=O)O)c2n1CC(O)CC2. The number of aliphatic hydroxyl groups is 1. The van der Waals surface area contributed by atoms with E-state index in [1.165, 1.54) is 0 Å². The van der Waals surface area contributed by atoms with Gasteiger partial charge in [0.1, 0.15) is 5.82 Å². The minimum absolute atomic E-state index is 0.152. The summed E-state index contributed by atoms with van der Waals surface area (Å²) in [6.45, 7) is 2.40. The number of fused-ring (bicyclic) bond motifs is 1. The van der Waals surface area contributed by atoms with Crippen molar-refractivity contribution in [2.45, 2.75) is 38.8 Å². The van der Waals surface area contributed by atoms with Gasteiger partial charge in [-0.05, 0) is 12.8 Å². The molecule has 15 heavy (non-hydrogen) atoms. The third-order valence-electron chi connectivity index (χ3n) is 2.78. The summed E-state index contributed by atoms with van der Waals surface area (Å²) in [6.07, 6.45) is 1.52. The van der Waals surface area contributed by atoms with Gasteiger partial charge in [0.2, 0.25) is 0 Å². The van der Waals surface area contributed by atoms with Gasteiger partial charge in [-0.2, -0.15) is 0 Å². The van der Waals surface area contributed by atoms with Gasteiger partial charge >= 0.3 is 5.97 Å². The molecule has 1 atom stereocenters. The Kier molecular flexibility index (Phi) is 2.48. The van der Waals surface area contributed by atoms with E-state index in [2.05, 4.69) is 4.98 Å². The molecule has 0 amide bonds. The highest BCUT2D eigenvalue weighted by Crippen LogP contribution is 2.21. The standard InChI is InChI=1S/C10H14N2O3/c1-2-8-11-9(10(14)15)7-4-3-6(13)5-12(7)8/h6,13H,2-5H2,1H3,(H,14,15). The lowest BCUT2D eigenvalue weighted by Crippen LogP contribution is -2.26. The molecule has 82 valence electrons. The molecule has 0 saturated carbocycles. The second-order valence-corrected chi connectivity index (χ2v) is 3.79. The lowest BCUT2D eigenvalue weighted by molar-refractivity contribution is 0.0686. The quantitative estimate of drug-likeness (QED) is 0.743. The molecule has 0 aromatic carbocycles. The molecular formula is C10H14N2O3. The number of imidazole rings is 1. The molecule has 2 rings (SSSR count). The van der Waals surface area contributed by atoms with Gasteiger partial charge in [-0.3, -0.25) is 0 Å². The molecule has 0 saturated heterocycles. The molecule has 1 aliphatic heterocycles. The zero-order valence-corrected chi connectivity index (χ0v) is 8.60. The summed E-state index contributed by atoms with van der Waals surface area (Å²) >= 11 is 0. The molecule has 1 aromatic heterocycles. The topological polar surface area (TPSA) is 75.3 Å². The Morgan fingerprint density at radius 3 is 3.00 bits per heavy atom. The lowest BCUT2D eigenvalue weighted by atomic mass is 10.1. The van der Waals surface area contributed by atoms with Crippen LogP contribution in [0.4, 0.5) is 0 Å². The maximum Gasteiger partial charge on any atom is 0.356 e. The Morgan fingerprint density at radius 2 is 2.40 bits per heavy atom. The van der Waals surface area contributed by atoms with E-state index in [1.54, 1.807) is 0 Å². The fraction of sp³-hybridized carbons (Fsp3) is 0.600. The van der Waals surface area contributed by atoms with Crippen molar-refractivity contribution in [2.24, 2.45) is 0 Å². The van der Waals surface area contributed by atoms with E-state index in [4.69, 9.17) is 5.11 Å². The summed E-state index contributed by atoms with van der Waals surface area (Å²) in [6, 6.07) is 0. The van der Waals surface area contributed by atoms with Crippen molar-refractivity contribution < 1.29 is 15.0 Å². The molecule has 0 aliphatic carbocycles. The van der Waals surface area contributed by atoms with Gasteiger partial charge in [-0.15, -0.1) is 0 Å². The summed E-state index contributed by atoms with van der Waals surface area (Å²) in [5.41, 5.74) is 0.906. The zero-order valence-electron chi connectivity index (χ0n) is 8.60. The van der Waals surface area contributed by atoms with Crippen molar-refractivity contribution in [3.8, 4) is 0 Å². The summed E-state index contributed by atoms with van der Waals surface area (Å²) in [5, 5.41) is 18.5. The van der Waals surface area contributed by atoms with Crippen molar-refractivity contribution in [3.63, 3.8) is 0 Å². The smallest absolute Gasteiger partial charge is 0.356 e. The number of hydrogen-bond acceptors (Lipinski definition) is 3. The third kappa shape index (κ3) is 1.63. The number of carboxylic acid groups (broad SMARTS) is 1. The predicted molar refractivity (Wildman–Crippen MR) is 52.9 cm³/mol. The Labute approximate surface area is 87.4 Å². The number of aromatic nitrogens is 2. The van der Waals surface area contributed by atoms with Crippen LogP contribution in [0.3, 0.4) is 0 Å². The maximum atomic E-state index is 10.9. The van der Waals surface area contributed by atoms with Crippen LogP contribution < -0.4 is 0 Å². The first kappa shape index (κ1) is 10.2. The van der Waals surface area contributed by atoms with Gasteiger partial charge in [-0.25, -0.2) is 9.78 Å². The molecular weight excluding hydrogens is 196 g/mol. The van der Waals surface area contributed by atoms with Crippen LogP contribution in [-0.4, -0.2) is 31.8 Å². The van der Waals surface area contributed by atoms with Crippen molar-refractivity contribution in [1.82, 2.24) is 9.55 Å². The van der Waals surface area contributed by atoms with Crippen molar-refractivity contribution in [1.29, 1.82) is 0 Å².